The summed E-state index contributed by atoms with van der Waals surface area (Å²) in [4.78, 5) is 2.40. The lowest BCUT2D eigenvalue weighted by Crippen LogP contribution is -2.48. The highest BCUT2D eigenvalue weighted by molar-refractivity contribution is 7.89. The first kappa shape index (κ1) is 16.0. The number of aryl methyl sites for hydroxylation is 1. The minimum Gasteiger partial charge on any atom is -0.369 e. The maximum atomic E-state index is 13.0. The van der Waals surface area contributed by atoms with Gasteiger partial charge in [0.1, 0.15) is 5.82 Å². The Labute approximate surface area is 136 Å². The highest BCUT2D eigenvalue weighted by Crippen LogP contribution is 2.21. The van der Waals surface area contributed by atoms with Crippen molar-refractivity contribution in [2.75, 3.05) is 31.1 Å². The quantitative estimate of drug-likeness (QED) is 0.867. The van der Waals surface area contributed by atoms with E-state index in [-0.39, 0.29) is 5.82 Å². The second-order valence-electron chi connectivity index (χ2n) is 5.68. The smallest absolute Gasteiger partial charge is 0.243 e. The molecule has 0 atom stereocenters. The first-order valence-electron chi connectivity index (χ1n) is 7.54. The summed E-state index contributed by atoms with van der Waals surface area (Å²) < 4.78 is 39.8. The molecule has 1 heterocycles. The van der Waals surface area contributed by atoms with Gasteiger partial charge in [0.2, 0.25) is 10.0 Å². The van der Waals surface area contributed by atoms with Gasteiger partial charge >= 0.3 is 0 Å². The van der Waals surface area contributed by atoms with Crippen molar-refractivity contribution in [1.82, 2.24) is 4.31 Å². The SMILES string of the molecule is Cc1ccc(S(=O)(=O)N2CCN(c3ccc([18F])cc3)CC2)cc1. The number of hydrogen-bond donors (Lipinski definition) is 0. The molecule has 0 spiro atoms. The van der Waals surface area contributed by atoms with Crippen LogP contribution in [0.1, 0.15) is 5.56 Å². The van der Waals surface area contributed by atoms with Crippen LogP contribution in [0.3, 0.4) is 0 Å². The molecule has 0 radical (unpaired) electrons. The number of sulfonamides is 1. The van der Waals surface area contributed by atoms with E-state index < -0.39 is 10.0 Å². The zero-order valence-electron chi connectivity index (χ0n) is 12.9. The monoisotopic (exact) mass is 333 g/mol. The molecule has 1 fully saturated rings. The summed E-state index contributed by atoms with van der Waals surface area (Å²) >= 11 is 0. The number of anilines is 1. The molecule has 1 saturated heterocycles. The Balaban J connectivity index is 1.70. The van der Waals surface area contributed by atoms with Crippen molar-refractivity contribution < 1.29 is 12.8 Å². The van der Waals surface area contributed by atoms with E-state index in [1.165, 1.54) is 16.4 Å². The van der Waals surface area contributed by atoms with Crippen molar-refractivity contribution >= 4 is 15.7 Å². The highest BCUT2D eigenvalue weighted by atomic mass is 32.2. The Morgan fingerprint density at radius 1 is 0.870 bits per heavy atom. The fourth-order valence-corrected chi connectivity index (χ4v) is 4.12. The first-order chi connectivity index (χ1) is 11.0. The fourth-order valence-electron chi connectivity index (χ4n) is 2.70. The van der Waals surface area contributed by atoms with E-state index in [4.69, 9.17) is 0 Å². The van der Waals surface area contributed by atoms with Gasteiger partial charge in [-0.15, -0.1) is 0 Å². The third kappa shape index (κ3) is 3.38. The molecule has 122 valence electrons. The summed E-state index contributed by atoms with van der Waals surface area (Å²) in [6.45, 7) is 3.96. The summed E-state index contributed by atoms with van der Waals surface area (Å²) in [5.41, 5.74) is 1.95. The molecule has 0 N–H and O–H groups in total. The topological polar surface area (TPSA) is 40.6 Å². The summed E-state index contributed by atoms with van der Waals surface area (Å²) in [6, 6.07) is 13.2. The number of nitrogens with zero attached hydrogens (tertiary/aromatic N) is 2. The van der Waals surface area contributed by atoms with Crippen LogP contribution in [0.4, 0.5) is 10.1 Å². The van der Waals surface area contributed by atoms with E-state index in [0.717, 1.165) is 11.3 Å². The van der Waals surface area contributed by atoms with Gasteiger partial charge in [0, 0.05) is 31.9 Å². The van der Waals surface area contributed by atoms with Crippen LogP contribution in [-0.4, -0.2) is 38.9 Å². The van der Waals surface area contributed by atoms with Crippen LogP contribution in [0, 0.1) is 12.7 Å². The molecule has 2 aromatic carbocycles. The lowest BCUT2D eigenvalue weighted by atomic mass is 10.2. The molecule has 1 aliphatic heterocycles. The van der Waals surface area contributed by atoms with E-state index in [2.05, 4.69) is 4.90 Å². The van der Waals surface area contributed by atoms with Crippen molar-refractivity contribution in [2.24, 2.45) is 0 Å². The van der Waals surface area contributed by atoms with E-state index in [9.17, 15) is 12.8 Å². The molecule has 0 amide bonds. The number of piperazine rings is 1. The minimum atomic E-state index is -3.44. The molecular formula is C17H19FN2O2S. The third-order valence-electron chi connectivity index (χ3n) is 4.09. The zero-order valence-corrected chi connectivity index (χ0v) is 13.8. The summed E-state index contributed by atoms with van der Waals surface area (Å²) in [6.07, 6.45) is 0. The molecule has 23 heavy (non-hydrogen) atoms. The second-order valence-corrected chi connectivity index (χ2v) is 7.62. The standard InChI is InChI=1S/C17H19FN2O2S/c1-14-2-8-17(9-3-14)23(21,22)20-12-10-19(11-13-20)16-6-4-15(18)5-7-16/h2-9H,10-13H2,1H3/i18-1. The number of hydrogen-bond acceptors (Lipinski definition) is 3. The van der Waals surface area contributed by atoms with Crippen LogP contribution in [0.15, 0.2) is 53.4 Å². The van der Waals surface area contributed by atoms with Crippen molar-refractivity contribution in [3.63, 3.8) is 0 Å². The molecular weight excluding hydrogens is 314 g/mol. The normalized spacial score (nSPS) is 16.5. The minimum absolute atomic E-state index is 0.269. The average molecular weight is 333 g/mol. The number of benzene rings is 2. The van der Waals surface area contributed by atoms with E-state index >= 15 is 0 Å². The second kappa shape index (κ2) is 6.29. The molecule has 0 bridgehead atoms. The Bertz CT molecular complexity index is 765. The van der Waals surface area contributed by atoms with Crippen molar-refractivity contribution in [3.05, 3.63) is 59.9 Å². The van der Waals surface area contributed by atoms with Gasteiger partial charge in [-0.05, 0) is 43.3 Å². The number of rotatable bonds is 3. The molecule has 1 aliphatic rings. The predicted octanol–water partition coefficient (Wildman–Crippen LogP) is 2.65. The summed E-state index contributed by atoms with van der Waals surface area (Å²) in [5.74, 6) is -0.269. The lowest BCUT2D eigenvalue weighted by Gasteiger charge is -2.35. The van der Waals surface area contributed by atoms with Crippen LogP contribution in [0.5, 0.6) is 0 Å². The maximum absolute atomic E-state index is 13.0. The van der Waals surface area contributed by atoms with Gasteiger partial charge in [-0.25, -0.2) is 12.8 Å². The lowest BCUT2D eigenvalue weighted by molar-refractivity contribution is 0.385. The van der Waals surface area contributed by atoms with Crippen LogP contribution < -0.4 is 4.90 Å². The van der Waals surface area contributed by atoms with Crippen molar-refractivity contribution in [1.29, 1.82) is 0 Å². The number of halogens is 1. The van der Waals surface area contributed by atoms with Gasteiger partial charge in [-0.1, -0.05) is 17.7 Å². The molecule has 0 aromatic heterocycles. The Morgan fingerprint density at radius 3 is 2.00 bits per heavy atom. The maximum Gasteiger partial charge on any atom is 0.243 e. The average Bonchev–Trinajstić information content (AvgIpc) is 2.56. The molecule has 3 rings (SSSR count). The van der Waals surface area contributed by atoms with Gasteiger partial charge in [0.15, 0.2) is 0 Å². The summed E-state index contributed by atoms with van der Waals surface area (Å²) in [7, 11) is -3.44. The zero-order chi connectivity index (χ0) is 16.4. The largest absolute Gasteiger partial charge is 0.369 e. The summed E-state index contributed by atoms with van der Waals surface area (Å²) in [5, 5.41) is 0. The van der Waals surface area contributed by atoms with E-state index in [1.807, 2.05) is 19.1 Å². The highest BCUT2D eigenvalue weighted by Gasteiger charge is 2.28. The van der Waals surface area contributed by atoms with Gasteiger partial charge in [0.25, 0.3) is 0 Å². The molecule has 0 aliphatic carbocycles. The third-order valence-corrected chi connectivity index (χ3v) is 6.00. The van der Waals surface area contributed by atoms with Gasteiger partial charge in [0.05, 0.1) is 4.90 Å². The Hall–Kier alpha value is -1.92. The van der Waals surface area contributed by atoms with Crippen LogP contribution in [-0.2, 0) is 10.0 Å². The van der Waals surface area contributed by atoms with Gasteiger partial charge in [-0.2, -0.15) is 4.31 Å². The Morgan fingerprint density at radius 2 is 1.43 bits per heavy atom. The molecule has 0 unspecified atom stereocenters. The predicted molar refractivity (Wildman–Crippen MR) is 88.6 cm³/mol. The Kier molecular flexibility index (Phi) is 4.37. The van der Waals surface area contributed by atoms with Crippen molar-refractivity contribution in [3.8, 4) is 0 Å². The molecule has 0 saturated carbocycles. The van der Waals surface area contributed by atoms with Gasteiger partial charge in [-0.3, -0.25) is 0 Å². The van der Waals surface area contributed by atoms with E-state index in [0.29, 0.717) is 31.1 Å². The van der Waals surface area contributed by atoms with Crippen LogP contribution >= 0.6 is 0 Å². The molecule has 6 heteroatoms. The molecule has 4 nitrogen and oxygen atoms in total. The van der Waals surface area contributed by atoms with Crippen LogP contribution in [0.25, 0.3) is 0 Å². The fraction of sp³-hybridized carbons (Fsp3) is 0.294. The van der Waals surface area contributed by atoms with E-state index in [1.54, 1.807) is 24.3 Å². The van der Waals surface area contributed by atoms with Crippen LogP contribution in [0.2, 0.25) is 0 Å². The van der Waals surface area contributed by atoms with Crippen molar-refractivity contribution in [2.45, 2.75) is 11.8 Å². The first-order valence-corrected chi connectivity index (χ1v) is 8.98. The molecule has 2 aromatic rings. The van der Waals surface area contributed by atoms with Gasteiger partial charge < -0.3 is 4.90 Å².